The van der Waals surface area contributed by atoms with Crippen LogP contribution in [0.4, 0.5) is 9.59 Å². The van der Waals surface area contributed by atoms with Gasteiger partial charge in [0.15, 0.2) is 0 Å². The van der Waals surface area contributed by atoms with Gasteiger partial charge in [0.2, 0.25) is 0 Å². The Morgan fingerprint density at radius 2 is 1.34 bits per heavy atom. The first-order chi connectivity index (χ1) is 13.3. The molecule has 1 atom stereocenters. The molecule has 0 fully saturated rings. The number of amides is 2. The number of methoxy groups -OCH3 is 1. The molecule has 0 aromatic heterocycles. The smallest absolute Gasteiger partial charge is 0.407 e. The number of nitrogens with one attached hydrogen (secondary N) is 2. The summed E-state index contributed by atoms with van der Waals surface area (Å²) in [6.07, 6.45) is -1.11. The molecule has 0 aliphatic carbocycles. The van der Waals surface area contributed by atoms with Crippen molar-refractivity contribution in [2.45, 2.75) is 65.2 Å². The zero-order valence-electron chi connectivity index (χ0n) is 18.3. The Balaban J connectivity index is 2.72. The Morgan fingerprint density at radius 3 is 1.79 bits per heavy atom. The van der Waals surface area contributed by atoms with E-state index >= 15 is 0 Å². The Bertz CT molecular complexity index is 701. The molecule has 0 bridgehead atoms. The summed E-state index contributed by atoms with van der Waals surface area (Å²) in [7, 11) is 1.29. The predicted octanol–water partition coefficient (Wildman–Crippen LogP) is 3.49. The van der Waals surface area contributed by atoms with Crippen LogP contribution in [-0.4, -0.2) is 43.0 Å². The van der Waals surface area contributed by atoms with Crippen LogP contribution < -0.4 is 10.6 Å². The highest BCUT2D eigenvalue weighted by Crippen LogP contribution is 2.18. The molecular formula is C21H32N2O6. The van der Waals surface area contributed by atoms with Gasteiger partial charge < -0.3 is 24.8 Å². The third kappa shape index (κ3) is 9.82. The number of hydrogen-bond acceptors (Lipinski definition) is 6. The minimum atomic E-state index is -0.680. The van der Waals surface area contributed by atoms with E-state index in [1.807, 2.05) is 0 Å². The minimum absolute atomic E-state index is 0.0388. The fourth-order valence-corrected chi connectivity index (χ4v) is 2.34. The minimum Gasteiger partial charge on any atom is -0.468 e. The number of carbonyl (C=O) groups is 3. The summed E-state index contributed by atoms with van der Waals surface area (Å²) in [4.78, 5) is 35.8. The maximum Gasteiger partial charge on any atom is 0.407 e. The zero-order valence-corrected chi connectivity index (χ0v) is 18.3. The van der Waals surface area contributed by atoms with Crippen molar-refractivity contribution in [1.82, 2.24) is 10.6 Å². The first-order valence-electron chi connectivity index (χ1n) is 9.41. The van der Waals surface area contributed by atoms with E-state index in [0.29, 0.717) is 5.56 Å². The molecule has 8 nitrogen and oxygen atoms in total. The van der Waals surface area contributed by atoms with Gasteiger partial charge in [-0.05, 0) is 52.7 Å². The quantitative estimate of drug-likeness (QED) is 0.552. The molecule has 0 spiro atoms. The van der Waals surface area contributed by atoms with Crippen LogP contribution in [-0.2, 0) is 25.5 Å². The Kier molecular flexibility index (Phi) is 8.48. The van der Waals surface area contributed by atoms with Gasteiger partial charge in [0.1, 0.15) is 11.2 Å². The number of ether oxygens (including phenoxy) is 3. The molecule has 0 saturated heterocycles. The topological polar surface area (TPSA) is 103 Å². The average Bonchev–Trinajstić information content (AvgIpc) is 2.57. The van der Waals surface area contributed by atoms with Gasteiger partial charge in [-0.25, -0.2) is 9.59 Å². The van der Waals surface area contributed by atoms with E-state index < -0.39 is 35.3 Å². The molecule has 1 aromatic rings. The van der Waals surface area contributed by atoms with Crippen LogP contribution >= 0.6 is 0 Å². The summed E-state index contributed by atoms with van der Waals surface area (Å²) in [6, 6.07) is 7.08. The Labute approximate surface area is 172 Å². The van der Waals surface area contributed by atoms with Gasteiger partial charge in [0.25, 0.3) is 0 Å². The second-order valence-corrected chi connectivity index (χ2v) is 8.56. The summed E-state index contributed by atoms with van der Waals surface area (Å²) < 4.78 is 15.2. The molecule has 0 saturated carbocycles. The number of benzene rings is 1. The fourth-order valence-electron chi connectivity index (χ4n) is 2.34. The summed E-state index contributed by atoms with van der Waals surface area (Å²) >= 11 is 0. The molecule has 1 aromatic carbocycles. The van der Waals surface area contributed by atoms with Crippen molar-refractivity contribution in [3.8, 4) is 0 Å². The largest absolute Gasteiger partial charge is 0.468 e. The maximum atomic E-state index is 12.2. The Morgan fingerprint density at radius 1 is 0.862 bits per heavy atom. The predicted molar refractivity (Wildman–Crippen MR) is 109 cm³/mol. The monoisotopic (exact) mass is 408 g/mol. The molecule has 0 aliphatic rings. The van der Waals surface area contributed by atoms with Crippen LogP contribution in [0.15, 0.2) is 24.3 Å². The van der Waals surface area contributed by atoms with Crippen molar-refractivity contribution >= 4 is 18.2 Å². The molecule has 2 N–H and O–H groups in total. The molecule has 0 aliphatic heterocycles. The lowest BCUT2D eigenvalue weighted by molar-refractivity contribution is -0.142. The van der Waals surface area contributed by atoms with E-state index in [-0.39, 0.29) is 13.1 Å². The zero-order chi connectivity index (χ0) is 22.2. The van der Waals surface area contributed by atoms with Crippen LogP contribution in [0, 0.1) is 0 Å². The molecule has 0 heterocycles. The highest BCUT2D eigenvalue weighted by Gasteiger charge is 2.24. The van der Waals surface area contributed by atoms with Crippen LogP contribution in [0.2, 0.25) is 0 Å². The van der Waals surface area contributed by atoms with Gasteiger partial charge in [-0.15, -0.1) is 0 Å². The van der Waals surface area contributed by atoms with Crippen molar-refractivity contribution in [2.75, 3.05) is 13.7 Å². The van der Waals surface area contributed by atoms with E-state index in [2.05, 4.69) is 10.6 Å². The van der Waals surface area contributed by atoms with E-state index in [1.165, 1.54) is 7.11 Å². The number of esters is 1. The van der Waals surface area contributed by atoms with Gasteiger partial charge in [-0.2, -0.15) is 0 Å². The van der Waals surface area contributed by atoms with Crippen molar-refractivity contribution in [2.24, 2.45) is 0 Å². The molecule has 1 rings (SSSR count). The number of rotatable bonds is 6. The van der Waals surface area contributed by atoms with Crippen LogP contribution in [0.5, 0.6) is 0 Å². The second-order valence-electron chi connectivity index (χ2n) is 8.56. The molecule has 29 heavy (non-hydrogen) atoms. The SMILES string of the molecule is COC(=O)C(CNC(=O)OC(C)(C)C)c1ccc(CNC(=O)OC(C)(C)C)cc1. The summed E-state index contributed by atoms with van der Waals surface area (Å²) in [5, 5.41) is 5.27. The van der Waals surface area contributed by atoms with Crippen molar-refractivity contribution in [3.05, 3.63) is 35.4 Å². The summed E-state index contributed by atoms with van der Waals surface area (Å²) in [5.74, 6) is -1.15. The highest BCUT2D eigenvalue weighted by atomic mass is 16.6. The third-order valence-corrected chi connectivity index (χ3v) is 3.55. The van der Waals surface area contributed by atoms with Gasteiger partial charge in [0, 0.05) is 13.1 Å². The summed E-state index contributed by atoms with van der Waals surface area (Å²) in [6.45, 7) is 11.0. The van der Waals surface area contributed by atoms with E-state index in [4.69, 9.17) is 14.2 Å². The van der Waals surface area contributed by atoms with E-state index in [1.54, 1.807) is 65.8 Å². The van der Waals surface area contributed by atoms with Crippen molar-refractivity contribution in [3.63, 3.8) is 0 Å². The number of alkyl carbamates (subject to hydrolysis) is 2. The average molecular weight is 408 g/mol. The second kappa shape index (κ2) is 10.1. The molecule has 0 radical (unpaired) electrons. The molecule has 162 valence electrons. The number of hydrogen-bond donors (Lipinski definition) is 2. The molecule has 1 unspecified atom stereocenters. The van der Waals surface area contributed by atoms with E-state index in [9.17, 15) is 14.4 Å². The van der Waals surface area contributed by atoms with Gasteiger partial charge in [-0.3, -0.25) is 4.79 Å². The molecular weight excluding hydrogens is 376 g/mol. The Hall–Kier alpha value is -2.77. The fraction of sp³-hybridized carbons (Fsp3) is 0.571. The summed E-state index contributed by atoms with van der Waals surface area (Å²) in [5.41, 5.74) is 0.313. The third-order valence-electron chi connectivity index (χ3n) is 3.55. The highest BCUT2D eigenvalue weighted by molar-refractivity contribution is 5.79. The number of carbonyl (C=O) groups excluding carboxylic acids is 3. The molecule has 2 amide bonds. The lowest BCUT2D eigenvalue weighted by Crippen LogP contribution is -2.36. The standard InChI is InChI=1S/C21H32N2O6/c1-20(2,3)28-18(25)22-12-14-8-10-15(11-9-14)16(17(24)27-7)13-23-19(26)29-21(4,5)6/h8-11,16H,12-13H2,1-7H3,(H,22,25)(H,23,26). The maximum absolute atomic E-state index is 12.2. The van der Waals surface area contributed by atoms with Crippen LogP contribution in [0.1, 0.15) is 58.6 Å². The van der Waals surface area contributed by atoms with Gasteiger partial charge in [-0.1, -0.05) is 24.3 Å². The van der Waals surface area contributed by atoms with Crippen LogP contribution in [0.25, 0.3) is 0 Å². The van der Waals surface area contributed by atoms with Crippen molar-refractivity contribution in [1.29, 1.82) is 0 Å². The first-order valence-corrected chi connectivity index (χ1v) is 9.41. The van der Waals surface area contributed by atoms with Gasteiger partial charge in [0.05, 0.1) is 13.0 Å². The first kappa shape index (κ1) is 24.3. The molecule has 8 heteroatoms. The van der Waals surface area contributed by atoms with E-state index in [0.717, 1.165) is 5.56 Å². The normalized spacial score (nSPS) is 12.5. The lowest BCUT2D eigenvalue weighted by Gasteiger charge is -2.21. The van der Waals surface area contributed by atoms with Gasteiger partial charge >= 0.3 is 18.2 Å². The van der Waals surface area contributed by atoms with Crippen LogP contribution in [0.3, 0.4) is 0 Å². The lowest BCUT2D eigenvalue weighted by atomic mass is 9.98. The van der Waals surface area contributed by atoms with Crippen molar-refractivity contribution < 1.29 is 28.6 Å².